The molecule has 0 N–H and O–H groups in total. The summed E-state index contributed by atoms with van der Waals surface area (Å²) in [5.41, 5.74) is 2.34. The molecule has 0 unspecified atom stereocenters. The second-order valence-electron chi connectivity index (χ2n) is 10.5. The minimum absolute atomic E-state index is 0.208. The van der Waals surface area contributed by atoms with Crippen LogP contribution >= 0.6 is 0 Å². The van der Waals surface area contributed by atoms with Crippen molar-refractivity contribution in [3.8, 4) is 0 Å². The summed E-state index contributed by atoms with van der Waals surface area (Å²) in [6.07, 6.45) is 0.568. The smallest absolute Gasteiger partial charge is 0.356 e. The second-order valence-corrected chi connectivity index (χ2v) is 10.5. The third kappa shape index (κ3) is 6.15. The summed E-state index contributed by atoms with van der Waals surface area (Å²) < 4.78 is 42.4. The molecule has 5 rings (SSSR count). The van der Waals surface area contributed by atoms with Gasteiger partial charge in [-0.2, -0.15) is 13.2 Å². The van der Waals surface area contributed by atoms with Crippen LogP contribution in [0.2, 0.25) is 0 Å². The zero-order valence-corrected chi connectivity index (χ0v) is 22.6. The van der Waals surface area contributed by atoms with E-state index in [0.717, 1.165) is 35.4 Å². The van der Waals surface area contributed by atoms with Crippen molar-refractivity contribution in [2.45, 2.75) is 58.8 Å². The number of pyridine rings is 1. The van der Waals surface area contributed by atoms with Crippen LogP contribution in [0.1, 0.15) is 54.9 Å². The van der Waals surface area contributed by atoms with E-state index in [1.165, 1.54) is 37.8 Å². The highest BCUT2D eigenvalue weighted by molar-refractivity contribution is 5.82. The molecular weight excluding hydrogens is 503 g/mol. The number of rotatable bonds is 9. The van der Waals surface area contributed by atoms with E-state index in [2.05, 4.69) is 33.4 Å². The molecule has 0 amide bonds. The first kappa shape index (κ1) is 26.9. The maximum atomic E-state index is 13.6. The average Bonchev–Trinajstić information content (AvgIpc) is 3.57. The van der Waals surface area contributed by atoms with Gasteiger partial charge in [0.25, 0.3) is 0 Å². The van der Waals surface area contributed by atoms with Crippen LogP contribution < -0.4 is 9.80 Å². The van der Waals surface area contributed by atoms with Crippen molar-refractivity contribution in [3.63, 3.8) is 0 Å². The molecule has 206 valence electrons. The molecule has 2 aromatic heterocycles. The molecule has 1 fully saturated rings. The van der Waals surface area contributed by atoms with Gasteiger partial charge in [0.15, 0.2) is 0 Å². The van der Waals surface area contributed by atoms with E-state index in [-0.39, 0.29) is 6.54 Å². The van der Waals surface area contributed by atoms with E-state index in [0.29, 0.717) is 29.5 Å². The second kappa shape index (κ2) is 11.2. The van der Waals surface area contributed by atoms with Gasteiger partial charge in [-0.25, -0.2) is 9.67 Å². The van der Waals surface area contributed by atoms with E-state index >= 15 is 0 Å². The van der Waals surface area contributed by atoms with E-state index < -0.39 is 11.7 Å². The van der Waals surface area contributed by atoms with Crippen LogP contribution in [-0.2, 0) is 26.3 Å². The first-order valence-corrected chi connectivity index (χ1v) is 13.5. The zero-order valence-electron chi connectivity index (χ0n) is 22.6. The molecule has 1 saturated carbocycles. The number of nitrogens with zero attached hydrogens (tertiary/aromatic N) is 7. The van der Waals surface area contributed by atoms with Crippen molar-refractivity contribution in [2.75, 3.05) is 22.9 Å². The highest BCUT2D eigenvalue weighted by atomic mass is 19.4. The third-order valence-electron chi connectivity index (χ3n) is 7.49. The van der Waals surface area contributed by atoms with Crippen LogP contribution in [0.25, 0.3) is 10.9 Å². The fraction of sp³-hybridized carbons (Fsp3) is 0.448. The lowest BCUT2D eigenvalue weighted by molar-refractivity contribution is -0.137. The van der Waals surface area contributed by atoms with Crippen molar-refractivity contribution in [1.29, 1.82) is 0 Å². The molecule has 1 aliphatic rings. The number of anilines is 2. The Morgan fingerprint density at radius 1 is 1.00 bits per heavy atom. The normalized spacial score (nSPS) is 14.3. The molecule has 0 spiro atoms. The number of hydrogen-bond donors (Lipinski definition) is 0. The Morgan fingerprint density at radius 3 is 2.46 bits per heavy atom. The molecule has 0 aliphatic heterocycles. The number of tetrazole rings is 1. The summed E-state index contributed by atoms with van der Waals surface area (Å²) in [5, 5.41) is 13.0. The Balaban J connectivity index is 1.55. The Morgan fingerprint density at radius 2 is 1.77 bits per heavy atom. The van der Waals surface area contributed by atoms with Gasteiger partial charge in [-0.15, -0.1) is 0 Å². The molecule has 0 atom stereocenters. The molecule has 1 aliphatic carbocycles. The minimum Gasteiger partial charge on any atom is -0.356 e. The van der Waals surface area contributed by atoms with Crippen molar-refractivity contribution in [2.24, 2.45) is 13.0 Å². The van der Waals surface area contributed by atoms with E-state index in [9.17, 15) is 13.2 Å². The molecule has 0 saturated heterocycles. The number of alkyl halides is 3. The van der Waals surface area contributed by atoms with Gasteiger partial charge in [0.2, 0.25) is 5.95 Å². The summed E-state index contributed by atoms with van der Waals surface area (Å²) in [6.45, 7) is 6.17. The van der Waals surface area contributed by atoms with Gasteiger partial charge in [0, 0.05) is 44.2 Å². The summed E-state index contributed by atoms with van der Waals surface area (Å²) in [4.78, 5) is 9.38. The summed E-state index contributed by atoms with van der Waals surface area (Å²) in [5.74, 6) is 2.02. The fourth-order valence-electron chi connectivity index (χ4n) is 5.64. The highest BCUT2D eigenvalue weighted by Gasteiger charge is 2.31. The first-order chi connectivity index (χ1) is 18.7. The number of aryl methyl sites for hydroxylation is 2. The molecular formula is C29H34F3N7. The predicted molar refractivity (Wildman–Crippen MR) is 146 cm³/mol. The minimum atomic E-state index is -4.42. The number of fused-ring (bicyclic) bond motifs is 1. The number of hydrogen-bond acceptors (Lipinski definition) is 6. The van der Waals surface area contributed by atoms with Gasteiger partial charge < -0.3 is 9.80 Å². The third-order valence-corrected chi connectivity index (χ3v) is 7.49. The van der Waals surface area contributed by atoms with Crippen molar-refractivity contribution < 1.29 is 13.2 Å². The van der Waals surface area contributed by atoms with Crippen molar-refractivity contribution in [1.82, 2.24) is 25.2 Å². The average molecular weight is 538 g/mol. The Labute approximate surface area is 226 Å². The Bertz CT molecular complexity index is 1430. The van der Waals surface area contributed by atoms with E-state index in [1.807, 2.05) is 29.2 Å². The quantitative estimate of drug-likeness (QED) is 0.249. The highest BCUT2D eigenvalue weighted by Crippen LogP contribution is 2.33. The number of halogens is 3. The monoisotopic (exact) mass is 537 g/mol. The molecule has 4 aromatic rings. The fourth-order valence-corrected chi connectivity index (χ4v) is 5.64. The lowest BCUT2D eigenvalue weighted by Crippen LogP contribution is -2.32. The number of benzene rings is 2. The van der Waals surface area contributed by atoms with E-state index in [1.54, 1.807) is 24.7 Å². The summed E-state index contributed by atoms with van der Waals surface area (Å²) in [6, 6.07) is 14.3. The van der Waals surface area contributed by atoms with Gasteiger partial charge in [-0.1, -0.05) is 47.8 Å². The van der Waals surface area contributed by atoms with Crippen LogP contribution in [0.15, 0.2) is 48.5 Å². The van der Waals surface area contributed by atoms with Crippen LogP contribution in [0.3, 0.4) is 0 Å². The molecule has 39 heavy (non-hydrogen) atoms. The largest absolute Gasteiger partial charge is 0.416 e. The van der Waals surface area contributed by atoms with Crippen LogP contribution in [0.5, 0.6) is 0 Å². The maximum absolute atomic E-state index is 13.6. The van der Waals surface area contributed by atoms with Gasteiger partial charge in [-0.05, 0) is 72.9 Å². The SMILES string of the molecule is CCN(CC1CCCC1)c1nc2ccccc2cc1CN(Cc1cc(C)cc(C(F)(F)F)c1)c1nnnn1C. The van der Waals surface area contributed by atoms with E-state index in [4.69, 9.17) is 4.98 Å². The Hall–Kier alpha value is -3.69. The van der Waals surface area contributed by atoms with Crippen molar-refractivity contribution in [3.05, 3.63) is 70.8 Å². The summed E-state index contributed by atoms with van der Waals surface area (Å²) >= 11 is 0. The number of aromatic nitrogens is 5. The van der Waals surface area contributed by atoms with Gasteiger partial charge in [-0.3, -0.25) is 0 Å². The lowest BCUT2D eigenvalue weighted by Gasteiger charge is -2.30. The molecule has 0 radical (unpaired) electrons. The maximum Gasteiger partial charge on any atom is 0.416 e. The van der Waals surface area contributed by atoms with Crippen LogP contribution in [-0.4, -0.2) is 38.3 Å². The topological polar surface area (TPSA) is 63.0 Å². The Kier molecular flexibility index (Phi) is 7.72. The molecule has 2 aromatic carbocycles. The van der Waals surface area contributed by atoms with Crippen LogP contribution in [0, 0.1) is 12.8 Å². The predicted octanol–water partition coefficient (Wildman–Crippen LogP) is 6.31. The molecule has 0 bridgehead atoms. The van der Waals surface area contributed by atoms with Crippen molar-refractivity contribution >= 4 is 22.7 Å². The van der Waals surface area contributed by atoms with Crippen LogP contribution in [0.4, 0.5) is 24.9 Å². The standard InChI is InChI=1S/C29H34F3N7/c1-4-38(17-21-9-5-6-10-21)27-24(16-23-11-7-8-12-26(23)33-27)19-39(28-34-35-36-37(28)3)18-22-13-20(2)14-25(15-22)29(30,31)32/h7-8,11-16,21H,4-6,9-10,17-19H2,1-3H3. The van der Waals surface area contributed by atoms with Gasteiger partial charge >= 0.3 is 6.18 Å². The molecule has 10 heteroatoms. The first-order valence-electron chi connectivity index (χ1n) is 13.5. The van der Waals surface area contributed by atoms with Gasteiger partial charge in [0.05, 0.1) is 11.1 Å². The zero-order chi connectivity index (χ0) is 27.6. The number of para-hydroxylation sites is 1. The summed E-state index contributed by atoms with van der Waals surface area (Å²) in [7, 11) is 1.73. The molecule has 2 heterocycles. The van der Waals surface area contributed by atoms with Gasteiger partial charge in [0.1, 0.15) is 5.82 Å². The lowest BCUT2D eigenvalue weighted by atomic mass is 10.0. The molecule has 7 nitrogen and oxygen atoms in total.